The van der Waals surface area contributed by atoms with Gasteiger partial charge in [0.05, 0.1) is 65.8 Å². The minimum absolute atomic E-state index is 0.124. The maximum absolute atomic E-state index is 12.0. The number of anilines is 1. The predicted molar refractivity (Wildman–Crippen MR) is 167 cm³/mol. The van der Waals surface area contributed by atoms with Gasteiger partial charge in [-0.25, -0.2) is 15.0 Å². The molecule has 1 saturated heterocycles. The summed E-state index contributed by atoms with van der Waals surface area (Å²) >= 11 is 10.8. The first-order valence-electron chi connectivity index (χ1n) is 15.2. The number of hydrogen-bond acceptors (Lipinski definition) is 15. The van der Waals surface area contributed by atoms with Crippen molar-refractivity contribution in [2.45, 2.75) is 43.6 Å². The van der Waals surface area contributed by atoms with E-state index < -0.39 is 49.3 Å². The molecule has 2 aromatic rings. The molecule has 0 radical (unpaired) electrons. The smallest absolute Gasteiger partial charge is 0.387 e. The van der Waals surface area contributed by atoms with Crippen LogP contribution in [0.4, 0.5) is 19.0 Å². The number of aliphatic hydroxyl groups is 2. The normalized spacial score (nSPS) is 19.9. The van der Waals surface area contributed by atoms with Gasteiger partial charge in [-0.15, -0.1) is 0 Å². The van der Waals surface area contributed by atoms with E-state index in [9.17, 15) is 32.7 Å². The Labute approximate surface area is 289 Å². The summed E-state index contributed by atoms with van der Waals surface area (Å²) in [7, 11) is 0. The van der Waals surface area contributed by atoms with Gasteiger partial charge < -0.3 is 53.8 Å². The Kier molecular flexibility index (Phi) is 18.1. The molecule has 0 spiro atoms. The SMILES string of the molecule is O=C(NCCCOCCOCCOCCOCCOCCCNc1ncnc2c1ncn2[C@@H]1O[C@H](COP(=O)(Cl)Cl)C(O)[C@@H]1O)C(F)(F)F. The molecule has 17 nitrogen and oxygen atoms in total. The lowest BCUT2D eigenvalue weighted by Crippen LogP contribution is -2.37. The fourth-order valence-corrected chi connectivity index (χ4v) is 4.92. The molecule has 2 aromatic heterocycles. The standard InChI is InChI=1S/C26H40Cl2F3N6O11P/c27-49(28,41)47-15-18-20(38)21(39)24(48-18)37-17-36-19-22(34-16-35-23(19)37)32-3-1-5-42-7-9-44-11-13-46-14-12-45-10-8-43-6-2-4-33-25(40)26(29,30)31/h16-18,20-21,24,38-39H,1-15H2,(H,33,40)(H,32,34,35)/t18-,20?,21+,24-/m1/s1. The fraction of sp³-hybridized carbons (Fsp3) is 0.769. The van der Waals surface area contributed by atoms with Gasteiger partial charge in [-0.3, -0.25) is 13.9 Å². The lowest BCUT2D eigenvalue weighted by atomic mass is 10.1. The van der Waals surface area contributed by atoms with Crippen LogP contribution < -0.4 is 10.6 Å². The molecule has 4 N–H and O–H groups in total. The van der Waals surface area contributed by atoms with Gasteiger partial charge in [0.1, 0.15) is 24.6 Å². The Morgan fingerprint density at radius 1 is 0.878 bits per heavy atom. The highest BCUT2D eigenvalue weighted by molar-refractivity contribution is 8.05. The van der Waals surface area contributed by atoms with Crippen molar-refractivity contribution in [2.75, 3.05) is 91.1 Å². The van der Waals surface area contributed by atoms with Crippen LogP contribution in [0.25, 0.3) is 11.2 Å². The van der Waals surface area contributed by atoms with Gasteiger partial charge in [-0.05, 0) is 35.3 Å². The summed E-state index contributed by atoms with van der Waals surface area (Å²) in [5.74, 6) is -1.51. The molecule has 4 atom stereocenters. The molecule has 0 aliphatic carbocycles. The number of carbonyl (C=O) groups is 1. The summed E-state index contributed by atoms with van der Waals surface area (Å²) in [5, 5.41) is 25.8. The van der Waals surface area contributed by atoms with Crippen LogP contribution in [0, 0.1) is 0 Å². The van der Waals surface area contributed by atoms with Crippen molar-refractivity contribution < 1.29 is 65.7 Å². The molecule has 0 saturated carbocycles. The van der Waals surface area contributed by atoms with E-state index in [1.807, 2.05) is 0 Å². The molecular weight excluding hydrogens is 731 g/mol. The van der Waals surface area contributed by atoms with E-state index in [1.54, 1.807) is 5.32 Å². The maximum Gasteiger partial charge on any atom is 0.471 e. The molecule has 1 fully saturated rings. The molecule has 0 bridgehead atoms. The molecular formula is C26H40Cl2F3N6O11P. The van der Waals surface area contributed by atoms with E-state index in [1.165, 1.54) is 17.2 Å². The molecule has 49 heavy (non-hydrogen) atoms. The number of ether oxygens (including phenoxy) is 6. The number of alkyl halides is 3. The first-order chi connectivity index (χ1) is 23.4. The van der Waals surface area contributed by atoms with Crippen molar-refractivity contribution in [3.63, 3.8) is 0 Å². The Morgan fingerprint density at radius 2 is 1.43 bits per heavy atom. The summed E-state index contributed by atoms with van der Waals surface area (Å²) in [6.07, 6.45) is -9.93. The second kappa shape index (κ2) is 21.4. The Hall–Kier alpha value is -1.94. The number of nitrogens with one attached hydrogen (secondary N) is 2. The topological polar surface area (TPSA) is 207 Å². The predicted octanol–water partition coefficient (Wildman–Crippen LogP) is 2.00. The van der Waals surface area contributed by atoms with Crippen molar-refractivity contribution >= 4 is 51.4 Å². The van der Waals surface area contributed by atoms with Crippen LogP contribution >= 0.6 is 28.6 Å². The van der Waals surface area contributed by atoms with Crippen LogP contribution in [-0.2, 0) is 42.3 Å². The molecule has 3 heterocycles. The average molecular weight is 772 g/mol. The minimum Gasteiger partial charge on any atom is -0.387 e. The quantitative estimate of drug-likeness (QED) is 0.0842. The van der Waals surface area contributed by atoms with Gasteiger partial charge in [0, 0.05) is 26.3 Å². The van der Waals surface area contributed by atoms with E-state index in [0.29, 0.717) is 82.8 Å². The molecule has 3 rings (SSSR count). The lowest BCUT2D eigenvalue weighted by molar-refractivity contribution is -0.173. The highest BCUT2D eigenvalue weighted by Gasteiger charge is 2.45. The van der Waals surface area contributed by atoms with Gasteiger partial charge in [-0.2, -0.15) is 13.2 Å². The molecule has 1 aliphatic heterocycles. The number of rotatable bonds is 25. The summed E-state index contributed by atoms with van der Waals surface area (Å²) in [4.78, 5) is 23.4. The first kappa shape index (κ1) is 41.5. The first-order valence-corrected chi connectivity index (χ1v) is 18.6. The number of amides is 1. The van der Waals surface area contributed by atoms with E-state index in [4.69, 9.17) is 55.4 Å². The number of carbonyl (C=O) groups excluding carboxylic acids is 1. The second-order valence-electron chi connectivity index (χ2n) is 10.3. The number of aliphatic hydroxyl groups excluding tert-OH is 2. The van der Waals surface area contributed by atoms with E-state index in [2.05, 4.69) is 20.3 Å². The zero-order valence-electron chi connectivity index (χ0n) is 26.3. The molecule has 280 valence electrons. The molecule has 1 unspecified atom stereocenters. The Bertz CT molecular complexity index is 1320. The molecule has 1 aliphatic rings. The van der Waals surface area contributed by atoms with Gasteiger partial charge >= 0.3 is 18.2 Å². The van der Waals surface area contributed by atoms with Crippen molar-refractivity contribution in [3.8, 4) is 0 Å². The number of halogens is 5. The van der Waals surface area contributed by atoms with Crippen molar-refractivity contribution in [1.82, 2.24) is 24.8 Å². The van der Waals surface area contributed by atoms with Gasteiger partial charge in [0.25, 0.3) is 0 Å². The van der Waals surface area contributed by atoms with Crippen LogP contribution in [0.2, 0.25) is 0 Å². The van der Waals surface area contributed by atoms with E-state index in [-0.39, 0.29) is 26.2 Å². The molecule has 0 aromatic carbocycles. The summed E-state index contributed by atoms with van der Waals surface area (Å²) in [6, 6.07) is 0. The van der Waals surface area contributed by atoms with Crippen LogP contribution in [0.5, 0.6) is 0 Å². The molecule has 1 amide bonds. The summed E-state index contributed by atoms with van der Waals surface area (Å²) in [5.41, 5.74) is 0.768. The van der Waals surface area contributed by atoms with E-state index >= 15 is 0 Å². The third-order valence-corrected chi connectivity index (χ3v) is 7.65. The monoisotopic (exact) mass is 770 g/mol. The van der Waals surface area contributed by atoms with Gasteiger partial charge in [-0.1, -0.05) is 0 Å². The van der Waals surface area contributed by atoms with Crippen molar-refractivity contribution in [1.29, 1.82) is 0 Å². The lowest BCUT2D eigenvalue weighted by Gasteiger charge is -2.16. The highest BCUT2D eigenvalue weighted by Crippen LogP contribution is 2.57. The summed E-state index contributed by atoms with van der Waals surface area (Å²) < 4.78 is 86.5. The van der Waals surface area contributed by atoms with Crippen LogP contribution in [0.1, 0.15) is 19.1 Å². The number of imidazole rings is 1. The Morgan fingerprint density at radius 3 is 1.98 bits per heavy atom. The van der Waals surface area contributed by atoms with Gasteiger partial charge in [0.15, 0.2) is 23.2 Å². The number of hydrogen-bond donors (Lipinski definition) is 4. The van der Waals surface area contributed by atoms with E-state index in [0.717, 1.165) is 0 Å². The maximum atomic E-state index is 12.0. The average Bonchev–Trinajstić information content (AvgIpc) is 3.60. The number of fused-ring (bicyclic) bond motifs is 1. The zero-order valence-corrected chi connectivity index (χ0v) is 28.7. The van der Waals surface area contributed by atoms with Crippen molar-refractivity contribution in [2.24, 2.45) is 0 Å². The third-order valence-electron chi connectivity index (χ3n) is 6.61. The minimum atomic E-state index is -4.88. The largest absolute Gasteiger partial charge is 0.471 e. The van der Waals surface area contributed by atoms with Crippen LogP contribution in [0.3, 0.4) is 0 Å². The zero-order chi connectivity index (χ0) is 35.7. The fourth-order valence-electron chi connectivity index (χ4n) is 4.26. The number of aromatic nitrogens is 4. The van der Waals surface area contributed by atoms with Crippen LogP contribution in [-0.4, -0.2) is 146 Å². The highest BCUT2D eigenvalue weighted by atomic mass is 35.9. The Balaban J connectivity index is 1.16. The number of nitrogens with zero attached hydrogens (tertiary/aromatic N) is 4. The van der Waals surface area contributed by atoms with Crippen molar-refractivity contribution in [3.05, 3.63) is 12.7 Å². The van der Waals surface area contributed by atoms with Crippen LogP contribution in [0.15, 0.2) is 12.7 Å². The third kappa shape index (κ3) is 15.1. The summed E-state index contributed by atoms with van der Waals surface area (Å²) in [6.45, 7) is 3.49. The molecule has 23 heteroatoms. The van der Waals surface area contributed by atoms with Gasteiger partial charge in [0.2, 0.25) is 0 Å². The second-order valence-corrected chi connectivity index (χ2v) is 14.5.